The summed E-state index contributed by atoms with van der Waals surface area (Å²) in [6.07, 6.45) is 0. The molecule has 0 saturated carbocycles. The van der Waals surface area contributed by atoms with Crippen LogP contribution in [0.5, 0.6) is 0 Å². The molecule has 0 aliphatic rings. The molecule has 0 fully saturated rings. The van der Waals surface area contributed by atoms with Crippen LogP contribution >= 0.6 is 0 Å². The van der Waals surface area contributed by atoms with Crippen LogP contribution in [0.15, 0.2) is 42.5 Å². The van der Waals surface area contributed by atoms with Crippen LogP contribution in [0, 0.1) is 20.8 Å². The summed E-state index contributed by atoms with van der Waals surface area (Å²) in [5, 5.41) is 3.53. The van der Waals surface area contributed by atoms with Crippen molar-refractivity contribution < 1.29 is 0 Å². The van der Waals surface area contributed by atoms with Gasteiger partial charge in [0.1, 0.15) is 0 Å². The highest BCUT2D eigenvalue weighted by Crippen LogP contribution is 2.23. The Morgan fingerprint density at radius 1 is 0.947 bits per heavy atom. The molecular formula is C17H22N2. The monoisotopic (exact) mass is 254 g/mol. The first-order valence-corrected chi connectivity index (χ1v) is 6.71. The Balaban J connectivity index is 2.25. The van der Waals surface area contributed by atoms with Crippen molar-refractivity contribution in [3.05, 3.63) is 64.7 Å². The van der Waals surface area contributed by atoms with Crippen LogP contribution in [-0.2, 0) is 0 Å². The van der Waals surface area contributed by atoms with E-state index in [1.165, 1.54) is 22.3 Å². The number of anilines is 1. The van der Waals surface area contributed by atoms with Gasteiger partial charge in [-0.15, -0.1) is 0 Å². The van der Waals surface area contributed by atoms with Gasteiger partial charge in [0.2, 0.25) is 0 Å². The molecule has 0 saturated heterocycles. The fourth-order valence-electron chi connectivity index (χ4n) is 2.18. The van der Waals surface area contributed by atoms with Gasteiger partial charge in [0.25, 0.3) is 0 Å². The lowest BCUT2D eigenvalue weighted by Gasteiger charge is -2.21. The largest absolute Gasteiger partial charge is 0.377 e. The topological polar surface area (TPSA) is 38.0 Å². The first kappa shape index (κ1) is 13.6. The lowest BCUT2D eigenvalue weighted by molar-refractivity contribution is 0.787. The highest BCUT2D eigenvalue weighted by Gasteiger charge is 2.11. The van der Waals surface area contributed by atoms with Gasteiger partial charge in [-0.1, -0.05) is 36.4 Å². The molecule has 0 bridgehead atoms. The van der Waals surface area contributed by atoms with Crippen LogP contribution in [0.4, 0.5) is 5.69 Å². The van der Waals surface area contributed by atoms with Crippen molar-refractivity contribution in [3.63, 3.8) is 0 Å². The van der Waals surface area contributed by atoms with E-state index in [0.717, 1.165) is 5.69 Å². The van der Waals surface area contributed by atoms with Gasteiger partial charge in [0.05, 0.1) is 6.04 Å². The van der Waals surface area contributed by atoms with Crippen LogP contribution in [0.25, 0.3) is 0 Å². The van der Waals surface area contributed by atoms with Gasteiger partial charge in [0, 0.05) is 12.2 Å². The average molecular weight is 254 g/mol. The van der Waals surface area contributed by atoms with E-state index in [1.807, 2.05) is 12.1 Å². The van der Waals surface area contributed by atoms with Crippen molar-refractivity contribution >= 4 is 5.69 Å². The lowest BCUT2D eigenvalue weighted by atomic mass is 10.0. The molecule has 0 heterocycles. The molecule has 2 nitrogen and oxygen atoms in total. The van der Waals surface area contributed by atoms with E-state index in [4.69, 9.17) is 5.73 Å². The van der Waals surface area contributed by atoms with Crippen LogP contribution in [0.2, 0.25) is 0 Å². The third kappa shape index (κ3) is 3.15. The fraction of sp³-hybridized carbons (Fsp3) is 0.294. The number of benzene rings is 2. The molecule has 1 unspecified atom stereocenters. The minimum absolute atomic E-state index is 0.153. The van der Waals surface area contributed by atoms with E-state index in [-0.39, 0.29) is 6.04 Å². The number of aryl methyl sites for hydroxylation is 3. The van der Waals surface area contributed by atoms with E-state index < -0.39 is 0 Å². The normalized spacial score (nSPS) is 12.2. The van der Waals surface area contributed by atoms with Crippen LogP contribution in [0.1, 0.15) is 28.3 Å². The zero-order valence-corrected chi connectivity index (χ0v) is 11.9. The molecule has 2 rings (SSSR count). The van der Waals surface area contributed by atoms with Gasteiger partial charge < -0.3 is 11.1 Å². The smallest absolute Gasteiger partial charge is 0.0636 e. The number of hydrogen-bond donors (Lipinski definition) is 2. The van der Waals surface area contributed by atoms with E-state index in [0.29, 0.717) is 6.54 Å². The molecule has 0 aliphatic heterocycles. The molecule has 3 N–H and O–H groups in total. The van der Waals surface area contributed by atoms with Crippen LogP contribution in [0.3, 0.4) is 0 Å². The second-order valence-corrected chi connectivity index (χ2v) is 5.09. The van der Waals surface area contributed by atoms with Crippen LogP contribution < -0.4 is 11.1 Å². The maximum absolute atomic E-state index is 5.93. The van der Waals surface area contributed by atoms with Gasteiger partial charge in [-0.3, -0.25) is 0 Å². The Hall–Kier alpha value is -1.80. The molecule has 0 aromatic heterocycles. The van der Waals surface area contributed by atoms with Gasteiger partial charge in [-0.05, 0) is 49.1 Å². The standard InChI is InChI=1S/C17H22N2/c1-12-8-9-15(10-14(12)3)17(11-18)19-16-7-5-4-6-13(16)2/h4-10,17,19H,11,18H2,1-3H3. The summed E-state index contributed by atoms with van der Waals surface area (Å²) < 4.78 is 0. The molecule has 2 heteroatoms. The van der Waals surface area contributed by atoms with Crippen molar-refractivity contribution in [1.82, 2.24) is 0 Å². The predicted molar refractivity (Wildman–Crippen MR) is 82.5 cm³/mol. The predicted octanol–water partition coefficient (Wildman–Crippen LogP) is 3.72. The van der Waals surface area contributed by atoms with E-state index >= 15 is 0 Å². The third-order valence-corrected chi connectivity index (χ3v) is 3.64. The Bertz CT molecular complexity index is 561. The van der Waals surface area contributed by atoms with Gasteiger partial charge in [-0.2, -0.15) is 0 Å². The number of nitrogens with two attached hydrogens (primary N) is 1. The quantitative estimate of drug-likeness (QED) is 0.872. The first-order valence-electron chi connectivity index (χ1n) is 6.71. The van der Waals surface area contributed by atoms with Crippen LogP contribution in [-0.4, -0.2) is 6.54 Å². The first-order chi connectivity index (χ1) is 9.11. The molecule has 0 aliphatic carbocycles. The fourth-order valence-corrected chi connectivity index (χ4v) is 2.18. The molecular weight excluding hydrogens is 232 g/mol. The summed E-state index contributed by atoms with van der Waals surface area (Å²) in [4.78, 5) is 0. The summed E-state index contributed by atoms with van der Waals surface area (Å²) in [7, 11) is 0. The molecule has 2 aromatic rings. The summed E-state index contributed by atoms with van der Waals surface area (Å²) in [6.45, 7) is 6.96. The second kappa shape index (κ2) is 5.89. The molecule has 0 radical (unpaired) electrons. The van der Waals surface area contributed by atoms with E-state index in [2.05, 4.69) is 56.4 Å². The molecule has 19 heavy (non-hydrogen) atoms. The van der Waals surface area contributed by atoms with Gasteiger partial charge >= 0.3 is 0 Å². The Morgan fingerprint density at radius 2 is 1.68 bits per heavy atom. The SMILES string of the molecule is Cc1ccc(C(CN)Nc2ccccc2C)cc1C. The van der Waals surface area contributed by atoms with Crippen molar-refractivity contribution in [3.8, 4) is 0 Å². The lowest BCUT2D eigenvalue weighted by Crippen LogP contribution is -2.21. The Kier molecular flexibility index (Phi) is 4.23. The highest BCUT2D eigenvalue weighted by molar-refractivity contribution is 5.52. The summed E-state index contributed by atoms with van der Waals surface area (Å²) in [5.74, 6) is 0. The Labute approximate surface area is 115 Å². The number of nitrogens with one attached hydrogen (secondary N) is 1. The van der Waals surface area contributed by atoms with Crippen molar-refractivity contribution in [2.24, 2.45) is 5.73 Å². The van der Waals surface area contributed by atoms with Crippen molar-refractivity contribution in [2.75, 3.05) is 11.9 Å². The summed E-state index contributed by atoms with van der Waals surface area (Å²) >= 11 is 0. The summed E-state index contributed by atoms with van der Waals surface area (Å²) in [5.41, 5.74) is 12.2. The zero-order valence-electron chi connectivity index (χ0n) is 11.9. The maximum atomic E-state index is 5.93. The average Bonchev–Trinajstić information content (AvgIpc) is 2.41. The second-order valence-electron chi connectivity index (χ2n) is 5.09. The maximum Gasteiger partial charge on any atom is 0.0636 e. The van der Waals surface area contributed by atoms with Gasteiger partial charge in [-0.25, -0.2) is 0 Å². The third-order valence-electron chi connectivity index (χ3n) is 3.64. The highest BCUT2D eigenvalue weighted by atomic mass is 14.9. The number of para-hydroxylation sites is 1. The molecule has 2 aromatic carbocycles. The zero-order chi connectivity index (χ0) is 13.8. The van der Waals surface area contributed by atoms with E-state index in [1.54, 1.807) is 0 Å². The summed E-state index contributed by atoms with van der Waals surface area (Å²) in [6, 6.07) is 15.0. The molecule has 0 amide bonds. The molecule has 1 atom stereocenters. The Morgan fingerprint density at radius 3 is 2.32 bits per heavy atom. The minimum atomic E-state index is 0.153. The minimum Gasteiger partial charge on any atom is -0.377 e. The molecule has 0 spiro atoms. The number of rotatable bonds is 4. The van der Waals surface area contributed by atoms with E-state index in [9.17, 15) is 0 Å². The van der Waals surface area contributed by atoms with Crippen molar-refractivity contribution in [2.45, 2.75) is 26.8 Å². The molecule has 100 valence electrons. The number of hydrogen-bond acceptors (Lipinski definition) is 2. The van der Waals surface area contributed by atoms with Gasteiger partial charge in [0.15, 0.2) is 0 Å². The van der Waals surface area contributed by atoms with Crippen molar-refractivity contribution in [1.29, 1.82) is 0 Å².